The Morgan fingerprint density at radius 3 is 1.71 bits per heavy atom. The molecule has 0 saturated heterocycles. The molecule has 0 unspecified atom stereocenters. The summed E-state index contributed by atoms with van der Waals surface area (Å²) in [5.41, 5.74) is 13.6. The number of methoxy groups -OCH3 is 3. The minimum absolute atomic E-state index is 0.0513. The second kappa shape index (κ2) is 29.2. The van der Waals surface area contributed by atoms with Gasteiger partial charge in [0.15, 0.2) is 11.6 Å². The van der Waals surface area contributed by atoms with E-state index in [1.54, 1.807) is 91.1 Å². The average Bonchev–Trinajstić information content (AvgIpc) is 1.54. The predicted molar refractivity (Wildman–Crippen MR) is 415 cm³/mol. The van der Waals surface area contributed by atoms with E-state index in [4.69, 9.17) is 14.2 Å². The number of nitriles is 3. The minimum Gasteiger partial charge on any atom is -0.497 e. The van der Waals surface area contributed by atoms with E-state index in [-0.39, 0.29) is 60.5 Å². The standard InChI is InChI=1S/C30H23F2N3O3.C30H26FN3O4.C29H21F2N3O2/c1-38-22-13-20(31)12-21(14-22)35-24-11-19-15-34-16-23(19)27(32)26(24)25(17-3-5-18(6-4-17)29(36)37)28(35)30(9-10-33)7-2-8-30;1-30(2,9-10-32)28-27(17-5-7-21(29(35)36)25(13-17)37-3)22-11-18-15-33-16-19(18)12-24(22)34(28)20-6-8-23(31)26(14-20)38-4;30-20-3-1-4-21(14-20)34-24-15-22-19(16-33-27(22)31)13-23(24)25(17-5-7-18(8-6-17)28(35)36)26(34)29(11-12-32)9-2-10-29/h3-6,11-15H,2,7-9,16H2,1H3,(H,36,37);5-8,11-14,16H,9,15H2,1-4H3,(H,35,36);1,3-8,13-15H,2,9-11,16H2,(H,35,36). The molecule has 3 aliphatic heterocycles. The first-order valence-electron chi connectivity index (χ1n) is 36.2. The highest BCUT2D eigenvalue weighted by molar-refractivity contribution is 6.09. The fraction of sp³-hybridized carbons (Fsp3) is 0.225. The number of aromatic nitrogens is 3. The molecule has 18 nitrogen and oxygen atoms in total. The molecule has 3 N–H and O–H groups in total. The molecule has 0 bridgehead atoms. The molecule has 6 heterocycles. The number of halogens is 5. The van der Waals surface area contributed by atoms with Crippen LogP contribution in [0.25, 0.3) is 83.2 Å². The summed E-state index contributed by atoms with van der Waals surface area (Å²) < 4.78 is 96.7. The number of aliphatic imine (C=N–C) groups is 3. The number of hydrogen-bond donors (Lipinski definition) is 3. The maximum atomic E-state index is 16.4. The smallest absolute Gasteiger partial charge is 0.339 e. The van der Waals surface area contributed by atoms with Gasteiger partial charge in [0, 0.05) is 144 Å². The van der Waals surface area contributed by atoms with Gasteiger partial charge in [-0.25, -0.2) is 31.9 Å². The van der Waals surface area contributed by atoms with E-state index in [9.17, 15) is 63.1 Å². The Morgan fingerprint density at radius 2 is 1.11 bits per heavy atom. The van der Waals surface area contributed by atoms with Gasteiger partial charge < -0.3 is 43.2 Å². The molecule has 23 heteroatoms. The third-order valence-electron chi connectivity index (χ3n) is 22.3. The third-order valence-corrected chi connectivity index (χ3v) is 22.3. The number of benzene rings is 9. The molecule has 9 aromatic carbocycles. The molecule has 2 saturated carbocycles. The summed E-state index contributed by atoms with van der Waals surface area (Å²) in [6.07, 6.45) is 9.05. The molecule has 12 aromatic rings. The van der Waals surface area contributed by atoms with Gasteiger partial charge in [-0.1, -0.05) is 63.1 Å². The van der Waals surface area contributed by atoms with Crippen LogP contribution in [0.2, 0.25) is 0 Å². The van der Waals surface area contributed by atoms with Gasteiger partial charge in [-0.05, 0) is 162 Å². The summed E-state index contributed by atoms with van der Waals surface area (Å²) >= 11 is 0. The highest BCUT2D eigenvalue weighted by Gasteiger charge is 2.47. The number of carboxylic acids is 3. The van der Waals surface area contributed by atoms with Gasteiger partial charge in [-0.2, -0.15) is 20.2 Å². The van der Waals surface area contributed by atoms with Crippen molar-refractivity contribution >= 4 is 69.0 Å². The van der Waals surface area contributed by atoms with E-state index in [1.807, 2.05) is 45.9 Å². The van der Waals surface area contributed by atoms with Gasteiger partial charge in [-0.3, -0.25) is 15.0 Å². The lowest BCUT2D eigenvalue weighted by molar-refractivity contribution is 0.0683. The van der Waals surface area contributed by atoms with Gasteiger partial charge in [0.05, 0.1) is 92.5 Å². The number of carboxylic acid groups (broad SMARTS) is 3. The van der Waals surface area contributed by atoms with E-state index in [0.29, 0.717) is 86.4 Å². The van der Waals surface area contributed by atoms with E-state index in [2.05, 4.69) is 45.3 Å². The first-order valence-corrected chi connectivity index (χ1v) is 36.2. The van der Waals surface area contributed by atoms with Gasteiger partial charge in [0.2, 0.25) is 5.97 Å². The SMILES string of the molecule is COc1cc(-n2c(C(C)(C)CC#N)c(-c3ccc(C(=O)O)c(OC)c3)c3cc4c(cc32)C=NC4)ccc1F.COc1cc(F)cc(-n2c(C3(CC#N)CCC3)c(-c3ccc(C(=O)O)cc3)c3c(F)c4c(cc32)C=NC4)c1.N#CCC1(c2c(-c3ccc(C(=O)O)cc3)c3cc4c(cc3n2-c2cccc(F)c2)C(F)=NC4)CCC1. The molecule has 3 aromatic heterocycles. The summed E-state index contributed by atoms with van der Waals surface area (Å²) in [6, 6.07) is 49.9. The molecule has 0 radical (unpaired) electrons. The summed E-state index contributed by atoms with van der Waals surface area (Å²) in [5.74, 6) is -4.85. The van der Waals surface area contributed by atoms with Crippen LogP contribution in [0.1, 0.15) is 153 Å². The normalized spacial score (nSPS) is 14.4. The second-order valence-corrected chi connectivity index (χ2v) is 29.3. The predicted octanol–water partition coefficient (Wildman–Crippen LogP) is 19.5. The zero-order chi connectivity index (χ0) is 78.8. The Balaban J connectivity index is 0.000000133. The van der Waals surface area contributed by atoms with Crippen molar-refractivity contribution in [3.63, 3.8) is 0 Å². The van der Waals surface area contributed by atoms with Crippen molar-refractivity contribution in [2.45, 2.75) is 108 Å². The molecule has 2 aliphatic carbocycles. The van der Waals surface area contributed by atoms with Crippen LogP contribution in [0.3, 0.4) is 0 Å². The van der Waals surface area contributed by atoms with Gasteiger partial charge in [0.25, 0.3) is 0 Å². The highest BCUT2D eigenvalue weighted by Crippen LogP contribution is 2.57. The summed E-state index contributed by atoms with van der Waals surface area (Å²) in [6.45, 7) is 4.98. The highest BCUT2D eigenvalue weighted by atomic mass is 19.1. The minimum atomic E-state index is -1.09. The Kier molecular flexibility index (Phi) is 19.3. The molecule has 0 atom stereocenters. The zero-order valence-electron chi connectivity index (χ0n) is 61.4. The monoisotopic (exact) mass is 1500 g/mol. The lowest BCUT2D eigenvalue weighted by Crippen LogP contribution is -2.36. The first kappa shape index (κ1) is 74.0. The molecule has 112 heavy (non-hydrogen) atoms. The van der Waals surface area contributed by atoms with Crippen molar-refractivity contribution in [1.82, 2.24) is 13.7 Å². The van der Waals surface area contributed by atoms with Crippen LogP contribution in [0.15, 0.2) is 173 Å². The van der Waals surface area contributed by atoms with Crippen LogP contribution >= 0.6 is 0 Å². The molecular formula is C89H70F5N9O9. The van der Waals surface area contributed by atoms with Crippen LogP contribution in [-0.2, 0) is 35.9 Å². The number of aromatic carboxylic acids is 3. The molecule has 17 rings (SSSR count). The molecule has 560 valence electrons. The van der Waals surface area contributed by atoms with Crippen LogP contribution < -0.4 is 14.2 Å². The lowest BCUT2D eigenvalue weighted by atomic mass is 9.63. The third kappa shape index (κ3) is 12.7. The number of carbonyl (C=O) groups is 3. The van der Waals surface area contributed by atoms with Crippen LogP contribution in [0.4, 0.5) is 22.0 Å². The first-order chi connectivity index (χ1) is 54.0. The molecule has 5 aliphatic rings. The maximum Gasteiger partial charge on any atom is 0.339 e. The molecule has 0 amide bonds. The number of fused-ring (bicyclic) bond motifs is 6. The number of ether oxygens (including phenoxy) is 3. The zero-order valence-corrected chi connectivity index (χ0v) is 61.4. The summed E-state index contributed by atoms with van der Waals surface area (Å²) in [4.78, 5) is 47.4. The van der Waals surface area contributed by atoms with Crippen LogP contribution in [-0.4, -0.2) is 86.7 Å². The maximum absolute atomic E-state index is 16.4. The molecule has 2 fully saturated rings. The topological polar surface area (TPSA) is 263 Å². The van der Waals surface area contributed by atoms with Crippen molar-refractivity contribution < 1.29 is 65.9 Å². The van der Waals surface area contributed by atoms with E-state index >= 15 is 4.39 Å². The molecular weight excluding hydrogens is 1430 g/mol. The number of rotatable bonds is 18. The van der Waals surface area contributed by atoms with E-state index < -0.39 is 63.4 Å². The Bertz CT molecular complexity index is 6180. The van der Waals surface area contributed by atoms with Gasteiger partial charge >= 0.3 is 17.9 Å². The van der Waals surface area contributed by atoms with E-state index in [0.717, 1.165) is 98.0 Å². The van der Waals surface area contributed by atoms with Crippen LogP contribution in [0, 0.1) is 57.3 Å². The summed E-state index contributed by atoms with van der Waals surface area (Å²) in [5, 5.41) is 60.0. The van der Waals surface area contributed by atoms with Crippen molar-refractivity contribution in [1.29, 1.82) is 15.8 Å². The summed E-state index contributed by atoms with van der Waals surface area (Å²) in [7, 11) is 4.31. The molecule has 0 spiro atoms. The fourth-order valence-corrected chi connectivity index (χ4v) is 16.7. The Morgan fingerprint density at radius 1 is 0.527 bits per heavy atom. The van der Waals surface area contributed by atoms with Crippen LogP contribution in [0.5, 0.6) is 17.2 Å². The lowest BCUT2D eigenvalue weighted by Gasteiger charge is -2.42. The largest absolute Gasteiger partial charge is 0.497 e. The number of nitrogens with zero attached hydrogens (tertiary/aromatic N) is 9. The van der Waals surface area contributed by atoms with Crippen molar-refractivity contribution in [3.8, 4) is 85.9 Å². The average molecular weight is 1500 g/mol. The number of hydrogen-bond acceptors (Lipinski definition) is 12. The Labute approximate surface area is 639 Å². The second-order valence-electron chi connectivity index (χ2n) is 29.3. The fourth-order valence-electron chi connectivity index (χ4n) is 16.7. The Hall–Kier alpha value is -13.5. The van der Waals surface area contributed by atoms with Crippen molar-refractivity contribution in [3.05, 3.63) is 248 Å². The van der Waals surface area contributed by atoms with Crippen molar-refractivity contribution in [2.24, 2.45) is 15.0 Å². The van der Waals surface area contributed by atoms with Crippen molar-refractivity contribution in [2.75, 3.05) is 21.3 Å². The van der Waals surface area contributed by atoms with E-state index in [1.165, 1.54) is 69.9 Å². The quantitative estimate of drug-likeness (QED) is 0.0677. The van der Waals surface area contributed by atoms with Gasteiger partial charge in [-0.15, -0.1) is 0 Å². The van der Waals surface area contributed by atoms with Gasteiger partial charge in [0.1, 0.15) is 34.5 Å².